The van der Waals surface area contributed by atoms with Crippen LogP contribution in [0.3, 0.4) is 0 Å². The van der Waals surface area contributed by atoms with E-state index in [1.165, 1.54) is 19.2 Å². The van der Waals surface area contributed by atoms with Gasteiger partial charge in [0, 0.05) is 6.07 Å². The molecule has 0 aromatic heterocycles. The number of nitro groups is 1. The number of ether oxygens (including phenoxy) is 1. The number of benzene rings is 1. The summed E-state index contributed by atoms with van der Waals surface area (Å²) in [6.45, 7) is 5.46. The number of hydrogen-bond donors (Lipinski definition) is 1. The topological polar surface area (TPSA) is 122 Å². The summed E-state index contributed by atoms with van der Waals surface area (Å²) in [6, 6.07) is 2.67. The Balaban J connectivity index is 3.62. The van der Waals surface area contributed by atoms with Crippen LogP contribution in [0.15, 0.2) is 12.1 Å². The van der Waals surface area contributed by atoms with Crippen LogP contribution < -0.4 is 14.1 Å². The third-order valence-corrected chi connectivity index (χ3v) is 2.92. The molecule has 20 heavy (non-hydrogen) atoms. The molecule has 0 radical (unpaired) electrons. The Bertz CT molecular complexity index is 633. The molecule has 0 saturated carbocycles. The first-order valence-corrected chi connectivity index (χ1v) is 7.02. The summed E-state index contributed by atoms with van der Waals surface area (Å²) in [5.41, 5.74) is -0.324. The maximum absolute atomic E-state index is 11.1. The third-order valence-electron chi connectivity index (χ3n) is 2.51. The van der Waals surface area contributed by atoms with Crippen molar-refractivity contribution in [1.82, 2.24) is 0 Å². The fourth-order valence-electron chi connectivity index (χ4n) is 1.55. The Labute approximate surface area is 116 Å². The van der Waals surface area contributed by atoms with Gasteiger partial charge in [-0.15, -0.1) is 0 Å². The molecule has 9 heteroatoms. The monoisotopic (exact) mass is 304 g/mol. The normalized spacial score (nSPS) is 12.1. The van der Waals surface area contributed by atoms with Crippen molar-refractivity contribution in [2.24, 2.45) is 5.14 Å². The van der Waals surface area contributed by atoms with Crippen LogP contribution in [0.5, 0.6) is 11.5 Å². The highest BCUT2D eigenvalue weighted by molar-refractivity contribution is 7.84. The first-order chi connectivity index (χ1) is 8.95. The number of rotatable bonds is 4. The first-order valence-electron chi connectivity index (χ1n) is 5.55. The molecule has 1 aromatic rings. The van der Waals surface area contributed by atoms with Crippen LogP contribution in [0, 0.1) is 10.1 Å². The van der Waals surface area contributed by atoms with E-state index in [1.54, 1.807) is 0 Å². The van der Waals surface area contributed by atoms with Gasteiger partial charge in [0.25, 0.3) is 0 Å². The molecule has 0 fully saturated rings. The Morgan fingerprint density at radius 1 is 1.30 bits per heavy atom. The van der Waals surface area contributed by atoms with Crippen LogP contribution >= 0.6 is 0 Å². The van der Waals surface area contributed by atoms with Crippen molar-refractivity contribution in [3.63, 3.8) is 0 Å². The molecular weight excluding hydrogens is 288 g/mol. The van der Waals surface area contributed by atoms with Gasteiger partial charge in [0.1, 0.15) is 0 Å². The molecule has 0 heterocycles. The Morgan fingerprint density at radius 2 is 1.85 bits per heavy atom. The molecule has 0 unspecified atom stereocenters. The Hall–Kier alpha value is -1.87. The van der Waals surface area contributed by atoms with E-state index in [2.05, 4.69) is 4.18 Å². The summed E-state index contributed by atoms with van der Waals surface area (Å²) in [5.74, 6) is -0.605. The van der Waals surface area contributed by atoms with Crippen LogP contribution in [0.2, 0.25) is 0 Å². The van der Waals surface area contributed by atoms with Gasteiger partial charge in [0.2, 0.25) is 5.75 Å². The van der Waals surface area contributed by atoms with Crippen LogP contribution in [0.25, 0.3) is 0 Å². The number of hydrogen-bond acceptors (Lipinski definition) is 6. The lowest BCUT2D eigenvalue weighted by Crippen LogP contribution is -2.20. The molecule has 0 aliphatic carbocycles. The fraction of sp³-hybridized carbons (Fsp3) is 0.455. The number of nitrogens with zero attached hydrogens (tertiary/aromatic N) is 1. The summed E-state index contributed by atoms with van der Waals surface area (Å²) < 4.78 is 31.5. The van der Waals surface area contributed by atoms with Crippen molar-refractivity contribution in [1.29, 1.82) is 0 Å². The second kappa shape index (κ2) is 5.25. The average molecular weight is 304 g/mol. The predicted molar refractivity (Wildman–Crippen MR) is 72.1 cm³/mol. The zero-order chi connectivity index (χ0) is 15.7. The Morgan fingerprint density at radius 3 is 2.20 bits per heavy atom. The largest absolute Gasteiger partial charge is 0.488 e. The van der Waals surface area contributed by atoms with Crippen molar-refractivity contribution in [3.05, 3.63) is 27.8 Å². The average Bonchev–Trinajstić information content (AvgIpc) is 2.24. The van der Waals surface area contributed by atoms with Crippen molar-refractivity contribution in [2.45, 2.75) is 26.2 Å². The van der Waals surface area contributed by atoms with Crippen molar-refractivity contribution in [3.8, 4) is 11.5 Å². The molecule has 112 valence electrons. The smallest absolute Gasteiger partial charge is 0.380 e. The lowest BCUT2D eigenvalue weighted by Gasteiger charge is -2.20. The third kappa shape index (κ3) is 3.81. The van der Waals surface area contributed by atoms with Crippen LogP contribution in [0.4, 0.5) is 5.69 Å². The van der Waals surface area contributed by atoms with E-state index >= 15 is 0 Å². The van der Waals surface area contributed by atoms with Gasteiger partial charge in [-0.3, -0.25) is 10.1 Å². The minimum atomic E-state index is -4.32. The van der Waals surface area contributed by atoms with Gasteiger partial charge < -0.3 is 8.92 Å². The van der Waals surface area contributed by atoms with Gasteiger partial charge in [-0.05, 0) is 17.0 Å². The zero-order valence-electron chi connectivity index (χ0n) is 11.5. The lowest BCUT2D eigenvalue weighted by atomic mass is 9.86. The van der Waals surface area contributed by atoms with E-state index in [0.717, 1.165) is 0 Å². The summed E-state index contributed by atoms with van der Waals surface area (Å²) in [7, 11) is -3.14. The predicted octanol–water partition coefficient (Wildman–Crippen LogP) is 1.48. The second-order valence-electron chi connectivity index (χ2n) is 5.11. The van der Waals surface area contributed by atoms with Gasteiger partial charge in [0.15, 0.2) is 5.75 Å². The van der Waals surface area contributed by atoms with Crippen molar-refractivity contribution < 1.29 is 22.3 Å². The molecular formula is C11H16N2O6S. The molecule has 1 rings (SSSR count). The van der Waals surface area contributed by atoms with Crippen molar-refractivity contribution in [2.75, 3.05) is 7.11 Å². The molecule has 0 spiro atoms. The summed E-state index contributed by atoms with van der Waals surface area (Å²) in [4.78, 5) is 10.4. The molecule has 0 bridgehead atoms. The maximum atomic E-state index is 11.1. The minimum absolute atomic E-state index is 0.294. The minimum Gasteiger partial charge on any atom is -0.488 e. The van der Waals surface area contributed by atoms with Crippen LogP contribution in [-0.2, 0) is 15.7 Å². The quantitative estimate of drug-likeness (QED) is 0.664. The number of nitro benzene ring substituents is 1. The lowest BCUT2D eigenvalue weighted by molar-refractivity contribution is -0.385. The highest BCUT2D eigenvalue weighted by atomic mass is 32.2. The second-order valence-corrected chi connectivity index (χ2v) is 6.26. The van der Waals surface area contributed by atoms with Gasteiger partial charge in [-0.2, -0.15) is 13.6 Å². The molecule has 8 nitrogen and oxygen atoms in total. The molecule has 2 N–H and O–H groups in total. The molecule has 0 saturated heterocycles. The highest BCUT2D eigenvalue weighted by Gasteiger charge is 2.27. The van der Waals surface area contributed by atoms with E-state index in [4.69, 9.17) is 9.88 Å². The maximum Gasteiger partial charge on any atom is 0.380 e. The first kappa shape index (κ1) is 16.2. The highest BCUT2D eigenvalue weighted by Crippen LogP contribution is 2.41. The van der Waals surface area contributed by atoms with Gasteiger partial charge in [0.05, 0.1) is 12.0 Å². The summed E-state index contributed by atoms with van der Waals surface area (Å²) in [5, 5.41) is 15.9. The molecule has 0 aliphatic heterocycles. The van der Waals surface area contributed by atoms with E-state index in [1.807, 2.05) is 20.8 Å². The SMILES string of the molecule is COc1c(OS(N)(=O)=O)cc(C(C)(C)C)cc1[N+](=O)[O-]. The zero-order valence-corrected chi connectivity index (χ0v) is 12.4. The number of nitrogens with two attached hydrogens (primary N) is 1. The standard InChI is InChI=1S/C11H16N2O6S/c1-11(2,3)7-5-8(13(14)15)10(18-4)9(6-7)19-20(12,16)17/h5-6H,1-4H3,(H2,12,16,17). The van der Waals surface area contributed by atoms with Crippen LogP contribution in [-0.4, -0.2) is 20.5 Å². The molecule has 0 aliphatic rings. The van der Waals surface area contributed by atoms with E-state index < -0.39 is 26.3 Å². The van der Waals surface area contributed by atoms with E-state index in [9.17, 15) is 18.5 Å². The molecule has 1 aromatic carbocycles. The molecule has 0 atom stereocenters. The Kier molecular flexibility index (Phi) is 4.25. The molecule has 0 amide bonds. The van der Waals surface area contributed by atoms with E-state index in [-0.39, 0.29) is 11.5 Å². The fourth-order valence-corrected chi connectivity index (χ4v) is 1.92. The summed E-state index contributed by atoms with van der Waals surface area (Å²) >= 11 is 0. The van der Waals surface area contributed by atoms with Gasteiger partial charge in [-0.1, -0.05) is 20.8 Å². The number of methoxy groups -OCH3 is 1. The van der Waals surface area contributed by atoms with E-state index in [0.29, 0.717) is 5.56 Å². The van der Waals surface area contributed by atoms with Crippen molar-refractivity contribution >= 4 is 16.0 Å². The van der Waals surface area contributed by atoms with Gasteiger partial charge in [-0.25, -0.2) is 0 Å². The van der Waals surface area contributed by atoms with Gasteiger partial charge >= 0.3 is 16.0 Å². The van der Waals surface area contributed by atoms with Crippen LogP contribution in [0.1, 0.15) is 26.3 Å². The summed E-state index contributed by atoms with van der Waals surface area (Å²) in [6.07, 6.45) is 0.